The third kappa shape index (κ3) is 3.89. The first-order chi connectivity index (χ1) is 14.0. The number of benzene rings is 1. The number of hydrogen-bond donors (Lipinski definition) is 1. The molecule has 2 amide bonds. The summed E-state index contributed by atoms with van der Waals surface area (Å²) in [6.07, 6.45) is 5.51. The molecule has 0 fully saturated rings. The first-order valence-electron chi connectivity index (χ1n) is 9.67. The molecule has 0 saturated carbocycles. The maximum atomic E-state index is 13.1. The van der Waals surface area contributed by atoms with E-state index in [2.05, 4.69) is 52.2 Å². The first kappa shape index (κ1) is 18.9. The maximum Gasteiger partial charge on any atom is 0.328 e. The molecule has 4 rings (SSSR count). The number of urea groups is 1. The summed E-state index contributed by atoms with van der Waals surface area (Å²) in [6.45, 7) is 5.57. The fraction of sp³-hybridized carbons (Fsp3) is 0.273. The van der Waals surface area contributed by atoms with Gasteiger partial charge in [-0.1, -0.05) is 23.8 Å². The normalized spacial score (nSPS) is 13.6. The van der Waals surface area contributed by atoms with Crippen molar-refractivity contribution in [1.29, 1.82) is 0 Å². The number of anilines is 3. The van der Waals surface area contributed by atoms with Crippen LogP contribution < -0.4 is 15.1 Å². The van der Waals surface area contributed by atoms with Crippen molar-refractivity contribution < 1.29 is 4.79 Å². The van der Waals surface area contributed by atoms with Gasteiger partial charge in [0.25, 0.3) is 0 Å². The summed E-state index contributed by atoms with van der Waals surface area (Å²) in [5, 5.41) is 2.84. The Morgan fingerprint density at radius 1 is 1.14 bits per heavy atom. The van der Waals surface area contributed by atoms with E-state index in [0.29, 0.717) is 18.2 Å². The molecule has 2 aromatic heterocycles. The average Bonchev–Trinajstić information content (AvgIpc) is 2.88. The highest BCUT2D eigenvalue weighted by Crippen LogP contribution is 2.36. The van der Waals surface area contributed by atoms with E-state index in [4.69, 9.17) is 4.98 Å². The number of carbonyl (C=O) groups is 1. The van der Waals surface area contributed by atoms with Crippen molar-refractivity contribution in [3.63, 3.8) is 0 Å². The minimum absolute atomic E-state index is 0.254. The Hall–Kier alpha value is -3.48. The number of carbonyl (C=O) groups excluding carboxylic acids is 1. The number of fused-ring (bicyclic) bond motifs is 1. The highest BCUT2D eigenvalue weighted by molar-refractivity contribution is 6.03. The lowest BCUT2D eigenvalue weighted by Gasteiger charge is -2.25. The molecular formula is C22H24N6O. The second-order valence-corrected chi connectivity index (χ2v) is 7.31. The van der Waals surface area contributed by atoms with Crippen LogP contribution in [0.15, 0.2) is 48.9 Å². The van der Waals surface area contributed by atoms with Gasteiger partial charge in [-0.25, -0.2) is 14.8 Å². The zero-order valence-electron chi connectivity index (χ0n) is 16.9. The standard InChI is InChI=1S/C22H24N6O/c1-15-6-4-7-17(12-15)18-13-16(2)20-21(25-18)28(11-5-10-27(20)3)22(29)26-19-14-23-8-9-24-19/h4,6-9,12-14H,5,10-11H2,1-3H3,(H,24,26,29). The smallest absolute Gasteiger partial charge is 0.328 e. The molecule has 0 radical (unpaired) electrons. The van der Waals surface area contributed by atoms with Crippen molar-refractivity contribution in [2.45, 2.75) is 20.3 Å². The highest BCUT2D eigenvalue weighted by atomic mass is 16.2. The SMILES string of the molecule is Cc1cccc(-c2cc(C)c3c(n2)N(C(=O)Nc2cnccn2)CCCN3C)c1. The number of rotatable bonds is 2. The summed E-state index contributed by atoms with van der Waals surface area (Å²) in [5.41, 5.74) is 5.14. The Morgan fingerprint density at radius 2 is 2.00 bits per heavy atom. The molecule has 148 valence electrons. The molecule has 1 aromatic carbocycles. The Labute approximate surface area is 170 Å². The number of nitrogens with zero attached hydrogens (tertiary/aromatic N) is 5. The van der Waals surface area contributed by atoms with Gasteiger partial charge in [0.2, 0.25) is 0 Å². The van der Waals surface area contributed by atoms with Crippen LogP contribution in [0.5, 0.6) is 0 Å². The van der Waals surface area contributed by atoms with Crippen LogP contribution in [0.2, 0.25) is 0 Å². The molecule has 29 heavy (non-hydrogen) atoms. The second-order valence-electron chi connectivity index (χ2n) is 7.31. The van der Waals surface area contributed by atoms with Gasteiger partial charge < -0.3 is 4.90 Å². The predicted octanol–water partition coefficient (Wildman–Crippen LogP) is 4.03. The molecule has 7 heteroatoms. The van der Waals surface area contributed by atoms with Crippen LogP contribution in [-0.2, 0) is 0 Å². The Morgan fingerprint density at radius 3 is 2.76 bits per heavy atom. The summed E-state index contributed by atoms with van der Waals surface area (Å²) < 4.78 is 0. The fourth-order valence-corrected chi connectivity index (χ4v) is 3.68. The van der Waals surface area contributed by atoms with Gasteiger partial charge in [-0.15, -0.1) is 0 Å². The molecule has 7 nitrogen and oxygen atoms in total. The Bertz CT molecular complexity index is 1040. The third-order valence-electron chi connectivity index (χ3n) is 5.03. The summed E-state index contributed by atoms with van der Waals surface area (Å²) in [4.78, 5) is 30.1. The topological polar surface area (TPSA) is 74.2 Å². The Balaban J connectivity index is 1.78. The van der Waals surface area contributed by atoms with Crippen molar-refractivity contribution in [1.82, 2.24) is 15.0 Å². The number of hydrogen-bond acceptors (Lipinski definition) is 5. The quantitative estimate of drug-likeness (QED) is 0.717. The van der Waals surface area contributed by atoms with E-state index >= 15 is 0 Å². The van der Waals surface area contributed by atoms with Gasteiger partial charge in [0.05, 0.1) is 17.6 Å². The van der Waals surface area contributed by atoms with Gasteiger partial charge in [-0.3, -0.25) is 15.2 Å². The Kier molecular flexibility index (Phi) is 5.12. The molecule has 0 spiro atoms. The summed E-state index contributed by atoms with van der Waals surface area (Å²) >= 11 is 0. The molecule has 0 saturated heterocycles. The van der Waals surface area contributed by atoms with Crippen LogP contribution >= 0.6 is 0 Å². The van der Waals surface area contributed by atoms with Crippen molar-refractivity contribution in [2.75, 3.05) is 35.3 Å². The third-order valence-corrected chi connectivity index (χ3v) is 5.03. The number of pyridine rings is 1. The zero-order valence-corrected chi connectivity index (χ0v) is 16.9. The van der Waals surface area contributed by atoms with Gasteiger partial charge in [0, 0.05) is 38.1 Å². The largest absolute Gasteiger partial charge is 0.371 e. The van der Waals surface area contributed by atoms with E-state index in [0.717, 1.165) is 35.5 Å². The van der Waals surface area contributed by atoms with Crippen LogP contribution in [0.3, 0.4) is 0 Å². The molecular weight excluding hydrogens is 364 g/mol. The lowest BCUT2D eigenvalue weighted by atomic mass is 10.1. The van der Waals surface area contributed by atoms with Gasteiger partial charge >= 0.3 is 6.03 Å². The van der Waals surface area contributed by atoms with Crippen molar-refractivity contribution in [2.24, 2.45) is 0 Å². The van der Waals surface area contributed by atoms with Crippen LogP contribution in [-0.4, -0.2) is 41.1 Å². The van der Waals surface area contributed by atoms with E-state index in [1.54, 1.807) is 17.3 Å². The molecule has 0 unspecified atom stereocenters. The van der Waals surface area contributed by atoms with Crippen molar-refractivity contribution in [3.8, 4) is 11.3 Å². The summed E-state index contributed by atoms with van der Waals surface area (Å²) in [7, 11) is 2.05. The monoisotopic (exact) mass is 388 g/mol. The molecule has 0 bridgehead atoms. The van der Waals surface area contributed by atoms with Crippen molar-refractivity contribution >= 4 is 23.4 Å². The lowest BCUT2D eigenvalue weighted by molar-refractivity contribution is 0.256. The molecule has 3 aromatic rings. The van der Waals surface area contributed by atoms with Crippen LogP contribution in [0.4, 0.5) is 22.1 Å². The number of aryl methyl sites for hydroxylation is 2. The molecule has 0 aliphatic carbocycles. The molecule has 1 N–H and O–H groups in total. The van der Waals surface area contributed by atoms with Crippen LogP contribution in [0.1, 0.15) is 17.5 Å². The van der Waals surface area contributed by atoms with E-state index in [-0.39, 0.29) is 6.03 Å². The average molecular weight is 388 g/mol. The van der Waals surface area contributed by atoms with Gasteiger partial charge in [0.1, 0.15) is 0 Å². The second kappa shape index (κ2) is 7.87. The summed E-state index contributed by atoms with van der Waals surface area (Å²) in [5.74, 6) is 1.09. The lowest BCUT2D eigenvalue weighted by Crippen LogP contribution is -2.36. The van der Waals surface area contributed by atoms with Crippen LogP contribution in [0, 0.1) is 13.8 Å². The number of amides is 2. The first-order valence-corrected chi connectivity index (χ1v) is 9.67. The van der Waals surface area contributed by atoms with E-state index in [1.807, 2.05) is 19.2 Å². The molecule has 3 heterocycles. The van der Waals surface area contributed by atoms with Gasteiger partial charge in [-0.05, 0) is 38.0 Å². The molecule has 0 atom stereocenters. The van der Waals surface area contributed by atoms with Crippen molar-refractivity contribution in [3.05, 3.63) is 60.0 Å². The summed E-state index contributed by atoms with van der Waals surface area (Å²) in [6, 6.07) is 10.1. The number of aromatic nitrogens is 3. The molecule has 1 aliphatic heterocycles. The zero-order chi connectivity index (χ0) is 20.4. The number of nitrogens with one attached hydrogen (secondary N) is 1. The van der Waals surface area contributed by atoms with Gasteiger partial charge in [-0.2, -0.15) is 0 Å². The van der Waals surface area contributed by atoms with E-state index in [1.165, 1.54) is 11.8 Å². The van der Waals surface area contributed by atoms with Crippen LogP contribution in [0.25, 0.3) is 11.3 Å². The molecule has 1 aliphatic rings. The predicted molar refractivity (Wildman–Crippen MR) is 115 cm³/mol. The van der Waals surface area contributed by atoms with E-state index < -0.39 is 0 Å². The van der Waals surface area contributed by atoms with Gasteiger partial charge in [0.15, 0.2) is 11.6 Å². The maximum absolute atomic E-state index is 13.1. The minimum atomic E-state index is -0.254. The fourth-order valence-electron chi connectivity index (χ4n) is 3.68. The van der Waals surface area contributed by atoms with E-state index in [9.17, 15) is 4.79 Å². The minimum Gasteiger partial charge on any atom is -0.371 e. The highest BCUT2D eigenvalue weighted by Gasteiger charge is 2.27.